The number of carbonyl (C=O) groups excluding carboxylic acids is 1. The largest absolute Gasteiger partial charge is 0.331 e. The van der Waals surface area contributed by atoms with E-state index >= 15 is 0 Å². The number of hydrogen-bond donors (Lipinski definition) is 1. The van der Waals surface area contributed by atoms with Crippen molar-refractivity contribution in [3.63, 3.8) is 0 Å². The lowest BCUT2D eigenvalue weighted by Gasteiger charge is -2.08. The number of amides is 1. The first-order valence-corrected chi connectivity index (χ1v) is 5.10. The van der Waals surface area contributed by atoms with Gasteiger partial charge >= 0.3 is 6.03 Å². The minimum atomic E-state index is -0.247. The Bertz CT molecular complexity index is 508. The van der Waals surface area contributed by atoms with Crippen LogP contribution in [-0.2, 0) is 0 Å². The number of aromatic nitrogens is 2. The predicted octanol–water partition coefficient (Wildman–Crippen LogP) is 2.93. The first-order valence-electron chi connectivity index (χ1n) is 4.72. The van der Waals surface area contributed by atoms with E-state index < -0.39 is 0 Å². The van der Waals surface area contributed by atoms with Gasteiger partial charge in [0.15, 0.2) is 0 Å². The van der Waals surface area contributed by atoms with Crippen LogP contribution in [0.3, 0.4) is 0 Å². The lowest BCUT2D eigenvalue weighted by molar-refractivity contribution is 0.253. The van der Waals surface area contributed by atoms with Gasteiger partial charge in [-0.25, -0.2) is 9.78 Å². The number of halogens is 1. The molecule has 82 valence electrons. The fourth-order valence-electron chi connectivity index (χ4n) is 1.33. The zero-order valence-electron chi connectivity index (χ0n) is 8.64. The number of hydrogen-bond acceptors (Lipinski definition) is 2. The first-order chi connectivity index (χ1) is 7.66. The van der Waals surface area contributed by atoms with Gasteiger partial charge in [0.2, 0.25) is 0 Å². The highest BCUT2D eigenvalue weighted by atomic mass is 35.5. The number of nitrogens with zero attached hydrogens (tertiary/aromatic N) is 2. The SMILES string of the molecule is Cc1cc(Cl)ccc1NC(=O)n1ccnc1. The first kappa shape index (κ1) is 10.7. The second kappa shape index (κ2) is 4.37. The van der Waals surface area contributed by atoms with Gasteiger partial charge in [-0.15, -0.1) is 0 Å². The quantitative estimate of drug-likeness (QED) is 0.826. The highest BCUT2D eigenvalue weighted by molar-refractivity contribution is 6.30. The van der Waals surface area contributed by atoms with Crippen LogP contribution in [0.5, 0.6) is 0 Å². The summed E-state index contributed by atoms with van der Waals surface area (Å²) in [4.78, 5) is 15.5. The zero-order chi connectivity index (χ0) is 11.5. The minimum Gasteiger partial charge on any atom is -0.307 e. The van der Waals surface area contributed by atoms with Crippen molar-refractivity contribution in [1.29, 1.82) is 0 Å². The van der Waals surface area contributed by atoms with Gasteiger partial charge in [-0.1, -0.05) is 11.6 Å². The summed E-state index contributed by atoms with van der Waals surface area (Å²) in [5, 5.41) is 3.42. The fourth-order valence-corrected chi connectivity index (χ4v) is 1.55. The van der Waals surface area contributed by atoms with E-state index in [0.29, 0.717) is 5.02 Å². The summed E-state index contributed by atoms with van der Waals surface area (Å²) < 4.78 is 1.37. The molecular weight excluding hydrogens is 226 g/mol. The molecule has 0 aliphatic heterocycles. The maximum Gasteiger partial charge on any atom is 0.331 e. The van der Waals surface area contributed by atoms with E-state index in [-0.39, 0.29) is 6.03 Å². The number of anilines is 1. The summed E-state index contributed by atoms with van der Waals surface area (Å²) in [5.74, 6) is 0. The van der Waals surface area contributed by atoms with Crippen LogP contribution in [0, 0.1) is 6.92 Å². The summed E-state index contributed by atoms with van der Waals surface area (Å²) >= 11 is 5.83. The fraction of sp³-hybridized carbons (Fsp3) is 0.0909. The molecule has 16 heavy (non-hydrogen) atoms. The molecule has 0 fully saturated rings. The molecule has 0 aliphatic rings. The topological polar surface area (TPSA) is 46.9 Å². The Hall–Kier alpha value is -1.81. The smallest absolute Gasteiger partial charge is 0.307 e. The van der Waals surface area contributed by atoms with Gasteiger partial charge in [0.1, 0.15) is 6.33 Å². The van der Waals surface area contributed by atoms with Crippen molar-refractivity contribution in [2.24, 2.45) is 0 Å². The standard InChI is InChI=1S/C11H10ClN3O/c1-8-6-9(12)2-3-10(8)14-11(16)15-5-4-13-7-15/h2-7H,1H3,(H,14,16). The summed E-state index contributed by atoms with van der Waals surface area (Å²) in [6.07, 6.45) is 4.58. The van der Waals surface area contributed by atoms with Crippen molar-refractivity contribution < 1.29 is 4.79 Å². The molecule has 4 nitrogen and oxygen atoms in total. The van der Waals surface area contributed by atoms with Crippen molar-refractivity contribution in [1.82, 2.24) is 9.55 Å². The molecule has 0 saturated carbocycles. The number of aryl methyl sites for hydroxylation is 1. The van der Waals surface area contributed by atoms with E-state index in [2.05, 4.69) is 10.3 Å². The molecule has 0 bridgehead atoms. The summed E-state index contributed by atoms with van der Waals surface area (Å²) in [6, 6.07) is 5.05. The van der Waals surface area contributed by atoms with Gasteiger partial charge in [-0.05, 0) is 30.7 Å². The Balaban J connectivity index is 2.18. The van der Waals surface area contributed by atoms with Crippen molar-refractivity contribution in [3.05, 3.63) is 47.5 Å². The second-order valence-corrected chi connectivity index (χ2v) is 3.80. The molecule has 0 saturated heterocycles. The molecule has 2 aromatic rings. The summed E-state index contributed by atoms with van der Waals surface area (Å²) in [7, 11) is 0. The van der Waals surface area contributed by atoms with E-state index in [1.165, 1.54) is 10.9 Å². The zero-order valence-corrected chi connectivity index (χ0v) is 9.40. The molecule has 1 heterocycles. The van der Waals surface area contributed by atoms with Crippen LogP contribution in [0.4, 0.5) is 10.5 Å². The molecule has 1 N–H and O–H groups in total. The molecule has 1 aromatic heterocycles. The number of benzene rings is 1. The van der Waals surface area contributed by atoms with Crippen molar-refractivity contribution in [2.45, 2.75) is 6.92 Å². The molecule has 5 heteroatoms. The molecule has 0 atom stereocenters. The second-order valence-electron chi connectivity index (χ2n) is 3.36. The summed E-state index contributed by atoms with van der Waals surface area (Å²) in [6.45, 7) is 1.88. The molecule has 0 aliphatic carbocycles. The molecule has 0 unspecified atom stereocenters. The van der Waals surface area contributed by atoms with Crippen LogP contribution < -0.4 is 5.32 Å². The average molecular weight is 236 g/mol. The molecule has 2 rings (SSSR count). The normalized spacial score (nSPS) is 10.1. The molecule has 0 spiro atoms. The van der Waals surface area contributed by atoms with E-state index in [1.54, 1.807) is 30.6 Å². The maximum atomic E-state index is 11.7. The monoisotopic (exact) mass is 235 g/mol. The maximum absolute atomic E-state index is 11.7. The van der Waals surface area contributed by atoms with Gasteiger partial charge in [0, 0.05) is 23.1 Å². The predicted molar refractivity (Wildman–Crippen MR) is 62.8 cm³/mol. The lowest BCUT2D eigenvalue weighted by Crippen LogP contribution is -2.18. The van der Waals surface area contributed by atoms with Crippen molar-refractivity contribution >= 4 is 23.3 Å². The highest BCUT2D eigenvalue weighted by Gasteiger charge is 2.06. The third-order valence-corrected chi connectivity index (χ3v) is 2.40. The Kier molecular flexibility index (Phi) is 2.92. The minimum absolute atomic E-state index is 0.247. The van der Waals surface area contributed by atoms with Gasteiger partial charge < -0.3 is 5.32 Å². The van der Waals surface area contributed by atoms with Crippen LogP contribution in [0.2, 0.25) is 5.02 Å². The van der Waals surface area contributed by atoms with E-state index in [0.717, 1.165) is 11.3 Å². The lowest BCUT2D eigenvalue weighted by atomic mass is 10.2. The molecule has 1 amide bonds. The number of carbonyl (C=O) groups is 1. The van der Waals surface area contributed by atoms with Crippen molar-refractivity contribution in [2.75, 3.05) is 5.32 Å². The van der Waals surface area contributed by atoms with E-state index in [4.69, 9.17) is 11.6 Å². The van der Waals surface area contributed by atoms with Gasteiger partial charge in [0.25, 0.3) is 0 Å². The number of nitrogens with one attached hydrogen (secondary N) is 1. The van der Waals surface area contributed by atoms with Crippen LogP contribution in [0.25, 0.3) is 0 Å². The summed E-state index contributed by atoms with van der Waals surface area (Å²) in [5.41, 5.74) is 1.66. The third kappa shape index (κ3) is 2.23. The van der Waals surface area contributed by atoms with Gasteiger partial charge in [-0.3, -0.25) is 4.57 Å². The molecule has 1 aromatic carbocycles. The van der Waals surface area contributed by atoms with Gasteiger partial charge in [0.05, 0.1) is 0 Å². The van der Waals surface area contributed by atoms with Gasteiger partial charge in [-0.2, -0.15) is 0 Å². The Morgan fingerprint density at radius 1 is 1.50 bits per heavy atom. The third-order valence-electron chi connectivity index (χ3n) is 2.17. The van der Waals surface area contributed by atoms with E-state index in [1.807, 2.05) is 6.92 Å². The average Bonchev–Trinajstić information content (AvgIpc) is 2.75. The highest BCUT2D eigenvalue weighted by Crippen LogP contribution is 2.19. The Labute approximate surface area is 97.9 Å². The number of imidazole rings is 1. The van der Waals surface area contributed by atoms with E-state index in [9.17, 15) is 4.79 Å². The van der Waals surface area contributed by atoms with Crippen LogP contribution in [0.15, 0.2) is 36.9 Å². The molecular formula is C11H10ClN3O. The van der Waals surface area contributed by atoms with Crippen molar-refractivity contribution in [3.8, 4) is 0 Å². The Morgan fingerprint density at radius 2 is 2.31 bits per heavy atom. The number of rotatable bonds is 1. The molecule has 0 radical (unpaired) electrons. The Morgan fingerprint density at radius 3 is 2.94 bits per heavy atom. The van der Waals surface area contributed by atoms with Crippen LogP contribution >= 0.6 is 11.6 Å². The van der Waals surface area contributed by atoms with Crippen LogP contribution in [-0.4, -0.2) is 15.6 Å². The van der Waals surface area contributed by atoms with Crippen LogP contribution in [0.1, 0.15) is 5.56 Å².